The molecule has 98 valence electrons. The molecule has 0 bridgehead atoms. The first-order valence-electron chi connectivity index (χ1n) is 6.44. The Morgan fingerprint density at radius 2 is 2.22 bits per heavy atom. The van der Waals surface area contributed by atoms with Crippen molar-refractivity contribution in [3.63, 3.8) is 0 Å². The summed E-state index contributed by atoms with van der Waals surface area (Å²) >= 11 is 0. The molecule has 2 rings (SSSR count). The van der Waals surface area contributed by atoms with E-state index in [0.717, 1.165) is 24.9 Å². The predicted molar refractivity (Wildman–Crippen MR) is 69.6 cm³/mol. The number of rotatable bonds is 4. The highest BCUT2D eigenvalue weighted by molar-refractivity contribution is 5.80. The van der Waals surface area contributed by atoms with E-state index in [1.54, 1.807) is 0 Å². The number of nitrogens with one attached hydrogen (secondary N) is 2. The summed E-state index contributed by atoms with van der Waals surface area (Å²) in [6.45, 7) is 3.47. The third kappa shape index (κ3) is 3.82. The molecule has 18 heavy (non-hydrogen) atoms. The molecule has 0 radical (unpaired) electrons. The topological polar surface area (TPSA) is 50.4 Å². The van der Waals surface area contributed by atoms with Gasteiger partial charge in [0, 0.05) is 0 Å². The number of hydrogen-bond donors (Lipinski definition) is 2. The maximum absolute atomic E-state index is 11.8. The lowest BCUT2D eigenvalue weighted by molar-refractivity contribution is -0.137. The van der Waals surface area contributed by atoms with E-state index in [-0.39, 0.29) is 11.9 Å². The van der Waals surface area contributed by atoms with Crippen molar-refractivity contribution in [2.45, 2.75) is 32.4 Å². The number of amides is 1. The van der Waals surface area contributed by atoms with Gasteiger partial charge < -0.3 is 5.32 Å². The van der Waals surface area contributed by atoms with Crippen LogP contribution in [0.2, 0.25) is 0 Å². The molecule has 1 unspecified atom stereocenters. The van der Waals surface area contributed by atoms with Crippen LogP contribution in [-0.4, -0.2) is 18.5 Å². The van der Waals surface area contributed by atoms with Crippen LogP contribution in [0.3, 0.4) is 0 Å². The van der Waals surface area contributed by atoms with E-state index in [9.17, 15) is 4.79 Å². The maximum atomic E-state index is 11.8. The molecule has 2 atom stereocenters. The smallest absolute Gasteiger partial charge is 0.260 e. The quantitative estimate of drug-likeness (QED) is 0.796. The van der Waals surface area contributed by atoms with E-state index in [0.29, 0.717) is 12.5 Å². The number of hydrogen-bond acceptors (Lipinski definition) is 3. The van der Waals surface area contributed by atoms with Crippen LogP contribution in [-0.2, 0) is 16.2 Å². The molecule has 1 aromatic carbocycles. The zero-order valence-electron chi connectivity index (χ0n) is 10.7. The Kier molecular flexibility index (Phi) is 4.73. The molecule has 0 aromatic heterocycles. The molecule has 1 heterocycles. The highest BCUT2D eigenvalue weighted by Gasteiger charge is 2.24. The van der Waals surface area contributed by atoms with E-state index in [1.807, 2.05) is 30.3 Å². The van der Waals surface area contributed by atoms with E-state index < -0.39 is 0 Å². The largest absolute Gasteiger partial charge is 0.306 e. The number of benzene rings is 1. The summed E-state index contributed by atoms with van der Waals surface area (Å²) < 4.78 is 0. The van der Waals surface area contributed by atoms with E-state index in [1.165, 1.54) is 0 Å². The number of carbonyl (C=O) groups excluding carboxylic acids is 1. The molecule has 1 amide bonds. The second kappa shape index (κ2) is 6.52. The summed E-state index contributed by atoms with van der Waals surface area (Å²) in [4.78, 5) is 17.1. The summed E-state index contributed by atoms with van der Waals surface area (Å²) in [5.74, 6) is 0.522. The SMILES string of the molecule is CC1CCN[C@@H](C(=O)NOCc2ccccc2)C1. The van der Waals surface area contributed by atoms with Crippen molar-refractivity contribution in [1.82, 2.24) is 10.8 Å². The van der Waals surface area contributed by atoms with Crippen molar-refractivity contribution >= 4 is 5.91 Å². The fourth-order valence-corrected chi connectivity index (χ4v) is 2.14. The van der Waals surface area contributed by atoms with Crippen molar-refractivity contribution in [2.24, 2.45) is 5.92 Å². The molecule has 1 saturated heterocycles. The van der Waals surface area contributed by atoms with Gasteiger partial charge in [-0.3, -0.25) is 9.63 Å². The van der Waals surface area contributed by atoms with Gasteiger partial charge in [-0.15, -0.1) is 0 Å². The third-order valence-corrected chi connectivity index (χ3v) is 3.24. The minimum absolute atomic E-state index is 0.0718. The van der Waals surface area contributed by atoms with Gasteiger partial charge in [-0.25, -0.2) is 5.48 Å². The maximum Gasteiger partial charge on any atom is 0.260 e. The summed E-state index contributed by atoms with van der Waals surface area (Å²) in [7, 11) is 0. The van der Waals surface area contributed by atoms with Crippen LogP contribution in [0.1, 0.15) is 25.3 Å². The minimum Gasteiger partial charge on any atom is -0.306 e. The van der Waals surface area contributed by atoms with Crippen molar-refractivity contribution in [1.29, 1.82) is 0 Å². The zero-order valence-corrected chi connectivity index (χ0v) is 10.7. The molecule has 0 aliphatic carbocycles. The number of carbonyl (C=O) groups is 1. The number of piperidine rings is 1. The lowest BCUT2D eigenvalue weighted by Crippen LogP contribution is -2.48. The summed E-state index contributed by atoms with van der Waals surface area (Å²) in [5.41, 5.74) is 3.56. The number of hydroxylamine groups is 1. The summed E-state index contributed by atoms with van der Waals surface area (Å²) in [5, 5.41) is 3.21. The van der Waals surface area contributed by atoms with Crippen LogP contribution >= 0.6 is 0 Å². The van der Waals surface area contributed by atoms with Crippen LogP contribution < -0.4 is 10.8 Å². The first-order valence-corrected chi connectivity index (χ1v) is 6.44. The van der Waals surface area contributed by atoms with Gasteiger partial charge in [-0.05, 0) is 30.9 Å². The molecule has 1 aliphatic heterocycles. The highest BCUT2D eigenvalue weighted by atomic mass is 16.6. The van der Waals surface area contributed by atoms with Gasteiger partial charge >= 0.3 is 0 Å². The lowest BCUT2D eigenvalue weighted by atomic mass is 9.94. The zero-order chi connectivity index (χ0) is 12.8. The molecular weight excluding hydrogens is 228 g/mol. The highest BCUT2D eigenvalue weighted by Crippen LogP contribution is 2.14. The molecule has 0 spiro atoms. The molecule has 4 heteroatoms. The van der Waals surface area contributed by atoms with Gasteiger partial charge in [-0.2, -0.15) is 0 Å². The van der Waals surface area contributed by atoms with Gasteiger partial charge in [0.15, 0.2) is 0 Å². The third-order valence-electron chi connectivity index (χ3n) is 3.24. The molecule has 4 nitrogen and oxygen atoms in total. The lowest BCUT2D eigenvalue weighted by Gasteiger charge is -2.26. The fourth-order valence-electron chi connectivity index (χ4n) is 2.14. The van der Waals surface area contributed by atoms with Gasteiger partial charge in [0.25, 0.3) is 5.91 Å². The average Bonchev–Trinajstić information content (AvgIpc) is 2.40. The van der Waals surface area contributed by atoms with E-state index >= 15 is 0 Å². The second-order valence-corrected chi connectivity index (χ2v) is 4.88. The predicted octanol–water partition coefficient (Wildman–Crippen LogP) is 1.62. The average molecular weight is 248 g/mol. The van der Waals surface area contributed by atoms with Crippen molar-refractivity contribution < 1.29 is 9.63 Å². The van der Waals surface area contributed by atoms with Crippen molar-refractivity contribution in [3.8, 4) is 0 Å². The van der Waals surface area contributed by atoms with Crippen LogP contribution in [0, 0.1) is 5.92 Å². The van der Waals surface area contributed by atoms with Crippen molar-refractivity contribution in [3.05, 3.63) is 35.9 Å². The van der Waals surface area contributed by atoms with Gasteiger partial charge in [0.05, 0.1) is 12.6 Å². The fraction of sp³-hybridized carbons (Fsp3) is 0.500. The van der Waals surface area contributed by atoms with Crippen LogP contribution in [0.25, 0.3) is 0 Å². The van der Waals surface area contributed by atoms with Gasteiger partial charge in [0.2, 0.25) is 0 Å². The van der Waals surface area contributed by atoms with E-state index in [2.05, 4.69) is 17.7 Å². The first kappa shape index (κ1) is 13.1. The van der Waals surface area contributed by atoms with Crippen molar-refractivity contribution in [2.75, 3.05) is 6.54 Å². The van der Waals surface area contributed by atoms with Crippen LogP contribution in [0.5, 0.6) is 0 Å². The van der Waals surface area contributed by atoms with Gasteiger partial charge in [0.1, 0.15) is 0 Å². The Bertz CT molecular complexity index is 381. The molecular formula is C14H20N2O2. The Morgan fingerprint density at radius 1 is 1.44 bits per heavy atom. The Labute approximate surface area is 108 Å². The monoisotopic (exact) mass is 248 g/mol. The molecule has 2 N–H and O–H groups in total. The molecule has 1 aromatic rings. The standard InChI is InChI=1S/C14H20N2O2/c1-11-7-8-15-13(9-11)14(17)16-18-10-12-5-3-2-4-6-12/h2-6,11,13,15H,7-10H2,1H3,(H,16,17)/t11?,13-/m1/s1. The second-order valence-electron chi connectivity index (χ2n) is 4.88. The Morgan fingerprint density at radius 3 is 2.94 bits per heavy atom. The van der Waals surface area contributed by atoms with Gasteiger partial charge in [-0.1, -0.05) is 37.3 Å². The normalized spacial score (nSPS) is 23.6. The molecule has 1 fully saturated rings. The first-order chi connectivity index (χ1) is 8.75. The van der Waals surface area contributed by atoms with Crippen LogP contribution in [0.15, 0.2) is 30.3 Å². The summed E-state index contributed by atoms with van der Waals surface area (Å²) in [6.07, 6.45) is 2.01. The summed E-state index contributed by atoms with van der Waals surface area (Å²) in [6, 6.07) is 9.66. The molecule has 1 aliphatic rings. The minimum atomic E-state index is -0.121. The Balaban J connectivity index is 1.71. The molecule has 0 saturated carbocycles. The Hall–Kier alpha value is -1.39. The van der Waals surface area contributed by atoms with E-state index in [4.69, 9.17) is 4.84 Å². The van der Waals surface area contributed by atoms with Crippen LogP contribution in [0.4, 0.5) is 0 Å².